The molecule has 1 aliphatic rings. The van der Waals surface area contributed by atoms with Crippen molar-refractivity contribution < 1.29 is 9.90 Å². The molecule has 1 atom stereocenters. The summed E-state index contributed by atoms with van der Waals surface area (Å²) in [5, 5.41) is 27.3. The summed E-state index contributed by atoms with van der Waals surface area (Å²) >= 11 is 5.00. The first-order valence-electron chi connectivity index (χ1n) is 17.9. The fraction of sp³-hybridized carbons (Fsp3) is 0.256. The molecule has 1 unspecified atom stereocenters. The molecule has 0 saturated carbocycles. The number of unbranched alkanes of at least 4 members (excludes halogenated alkanes) is 3. The van der Waals surface area contributed by atoms with Crippen molar-refractivity contribution in [2.24, 2.45) is 5.10 Å². The van der Waals surface area contributed by atoms with Crippen LogP contribution < -0.4 is 9.91 Å². The summed E-state index contributed by atoms with van der Waals surface area (Å²) in [6.07, 6.45) is 7.85. The number of thiazole rings is 1. The van der Waals surface area contributed by atoms with Gasteiger partial charge in [-0.1, -0.05) is 44.4 Å². The third-order valence-corrected chi connectivity index (χ3v) is 13.0. The number of carbonyl (C=O) groups is 1. The van der Waals surface area contributed by atoms with Crippen LogP contribution in [0.5, 0.6) is 0 Å². The van der Waals surface area contributed by atoms with Crippen molar-refractivity contribution in [1.29, 1.82) is 5.26 Å². The number of anilines is 2. The number of carboxylic acids is 1. The van der Waals surface area contributed by atoms with Crippen molar-refractivity contribution in [3.8, 4) is 26.4 Å². The number of hydrazone groups is 1. The Morgan fingerprint density at radius 1 is 0.962 bits per heavy atom. The SMILES string of the molecule is CCCCCCc1cc(C2=NN(c3ccc(-c4nc5ccc(C)cc5s4)cc3)C(c3ccc(N(C)C)cc3)C2)sc1-c1ccc(/C=C(\C#N)C(=O)O)s1. The van der Waals surface area contributed by atoms with Gasteiger partial charge in [0.05, 0.1) is 32.5 Å². The number of nitriles is 1. The number of carboxylic acid groups (broad SMARTS) is 1. The summed E-state index contributed by atoms with van der Waals surface area (Å²) in [6, 6.07) is 31.9. The van der Waals surface area contributed by atoms with Gasteiger partial charge in [-0.05, 0) is 109 Å². The van der Waals surface area contributed by atoms with Crippen LogP contribution in [-0.2, 0) is 11.2 Å². The zero-order chi connectivity index (χ0) is 37.1. The minimum Gasteiger partial charge on any atom is -0.477 e. The Labute approximate surface area is 322 Å². The number of hydrogen-bond donors (Lipinski definition) is 1. The van der Waals surface area contributed by atoms with Crippen LogP contribution in [0.2, 0.25) is 0 Å². The van der Waals surface area contributed by atoms with E-state index in [-0.39, 0.29) is 11.6 Å². The van der Waals surface area contributed by atoms with Gasteiger partial charge in [0.15, 0.2) is 0 Å². The van der Waals surface area contributed by atoms with E-state index in [0.29, 0.717) is 0 Å². The maximum Gasteiger partial charge on any atom is 0.346 e. The lowest BCUT2D eigenvalue weighted by molar-refractivity contribution is -0.132. The second kappa shape index (κ2) is 15.9. The van der Waals surface area contributed by atoms with E-state index in [1.165, 1.54) is 62.9 Å². The van der Waals surface area contributed by atoms with Crippen LogP contribution in [-0.4, -0.2) is 35.9 Å². The first-order chi connectivity index (χ1) is 25.7. The molecular formula is C43H41N5O2S3. The Hall–Kier alpha value is -5.08. The maximum absolute atomic E-state index is 11.5. The zero-order valence-corrected chi connectivity index (χ0v) is 32.7. The van der Waals surface area contributed by atoms with Crippen molar-refractivity contribution in [3.63, 3.8) is 0 Å². The maximum atomic E-state index is 11.5. The van der Waals surface area contributed by atoms with Gasteiger partial charge in [0.25, 0.3) is 0 Å². The van der Waals surface area contributed by atoms with E-state index in [1.807, 2.05) is 12.1 Å². The average Bonchev–Trinajstić information content (AvgIpc) is 3.98. The fourth-order valence-electron chi connectivity index (χ4n) is 6.61. The molecule has 0 fully saturated rings. The summed E-state index contributed by atoms with van der Waals surface area (Å²) < 4.78 is 1.20. The topological polar surface area (TPSA) is 92.8 Å². The van der Waals surface area contributed by atoms with Crippen LogP contribution in [0.1, 0.15) is 71.5 Å². The number of aryl methyl sites for hydroxylation is 2. The normalized spacial score (nSPS) is 14.5. The molecule has 0 bridgehead atoms. The summed E-state index contributed by atoms with van der Waals surface area (Å²) in [4.78, 5) is 22.7. The number of thiophene rings is 2. The van der Waals surface area contributed by atoms with Crippen LogP contribution in [0.3, 0.4) is 0 Å². The van der Waals surface area contributed by atoms with E-state index in [4.69, 9.17) is 10.1 Å². The minimum atomic E-state index is -1.21. The van der Waals surface area contributed by atoms with E-state index < -0.39 is 5.97 Å². The summed E-state index contributed by atoms with van der Waals surface area (Å²) in [6.45, 7) is 4.34. The molecule has 3 aromatic carbocycles. The molecule has 1 aliphatic heterocycles. The highest BCUT2D eigenvalue weighted by atomic mass is 32.1. The third-order valence-electron chi connectivity index (χ3n) is 9.51. The van der Waals surface area contributed by atoms with Gasteiger partial charge in [0.2, 0.25) is 0 Å². The second-order valence-corrected chi connectivity index (χ2v) is 16.8. The largest absolute Gasteiger partial charge is 0.477 e. The molecular weight excluding hydrogens is 715 g/mol. The van der Waals surface area contributed by atoms with Crippen LogP contribution in [0, 0.1) is 18.3 Å². The lowest BCUT2D eigenvalue weighted by Gasteiger charge is -2.24. The molecule has 0 amide bonds. The Kier molecular flexibility index (Phi) is 10.9. The van der Waals surface area contributed by atoms with Gasteiger partial charge in [-0.2, -0.15) is 10.4 Å². The van der Waals surface area contributed by atoms with Gasteiger partial charge >= 0.3 is 5.97 Å². The summed E-state index contributed by atoms with van der Waals surface area (Å²) in [5.41, 5.74) is 8.82. The lowest BCUT2D eigenvalue weighted by atomic mass is 9.99. The third kappa shape index (κ3) is 7.98. The highest BCUT2D eigenvalue weighted by Gasteiger charge is 2.31. The van der Waals surface area contributed by atoms with Crippen molar-refractivity contribution in [2.75, 3.05) is 24.0 Å². The predicted octanol–water partition coefficient (Wildman–Crippen LogP) is 11.6. The molecule has 0 spiro atoms. The van der Waals surface area contributed by atoms with Gasteiger partial charge in [-0.15, -0.1) is 34.0 Å². The zero-order valence-electron chi connectivity index (χ0n) is 30.3. The number of aromatic nitrogens is 1. The molecule has 1 N–H and O–H groups in total. The van der Waals surface area contributed by atoms with Crippen LogP contribution in [0.4, 0.5) is 11.4 Å². The van der Waals surface area contributed by atoms with Crippen molar-refractivity contribution in [2.45, 2.75) is 58.4 Å². The Bertz CT molecular complexity index is 2360. The molecule has 3 aromatic heterocycles. The van der Waals surface area contributed by atoms with Gasteiger partial charge in [0.1, 0.15) is 16.6 Å². The van der Waals surface area contributed by atoms with Gasteiger partial charge < -0.3 is 10.0 Å². The molecule has 7 rings (SSSR count). The number of benzene rings is 3. The van der Waals surface area contributed by atoms with Crippen LogP contribution >= 0.6 is 34.0 Å². The van der Waals surface area contributed by atoms with E-state index >= 15 is 0 Å². The first-order valence-corrected chi connectivity index (χ1v) is 20.4. The highest BCUT2D eigenvalue weighted by molar-refractivity contribution is 7.23. The smallest absolute Gasteiger partial charge is 0.346 e. The predicted molar refractivity (Wildman–Crippen MR) is 224 cm³/mol. The highest BCUT2D eigenvalue weighted by Crippen LogP contribution is 2.43. The molecule has 7 nitrogen and oxygen atoms in total. The number of aliphatic carboxylic acids is 1. The van der Waals surface area contributed by atoms with Crippen LogP contribution in [0.15, 0.2) is 95.6 Å². The molecule has 0 saturated heterocycles. The molecule has 53 heavy (non-hydrogen) atoms. The van der Waals surface area contributed by atoms with Gasteiger partial charge in [0, 0.05) is 46.4 Å². The molecule has 4 heterocycles. The van der Waals surface area contributed by atoms with Crippen molar-refractivity contribution in [1.82, 2.24) is 4.98 Å². The van der Waals surface area contributed by atoms with E-state index in [0.717, 1.165) is 67.1 Å². The number of fused-ring (bicyclic) bond motifs is 1. The molecule has 6 aromatic rings. The van der Waals surface area contributed by atoms with E-state index in [2.05, 4.69) is 111 Å². The van der Waals surface area contributed by atoms with Crippen molar-refractivity contribution in [3.05, 3.63) is 117 Å². The van der Waals surface area contributed by atoms with Gasteiger partial charge in [-0.3, -0.25) is 5.01 Å². The van der Waals surface area contributed by atoms with Crippen molar-refractivity contribution >= 4 is 73.4 Å². The standard InChI is InChI=1S/C43H41N5O2S3/c1-5-6-7-8-9-30-24-40(52-41(30)38-21-19-34(51-38)23-31(26-44)43(49)50)36-25-37(28-11-15-32(16-12-28)47(3)4)48(46-36)33-17-13-29(14-18-33)42-45-35-20-10-27(2)22-39(35)53-42/h10-24,37H,5-9,25H2,1-4H3,(H,49,50)/b31-23+. The van der Waals surface area contributed by atoms with Crippen LogP contribution in [0.25, 0.3) is 36.6 Å². The first kappa shape index (κ1) is 36.3. The Morgan fingerprint density at radius 2 is 1.75 bits per heavy atom. The monoisotopic (exact) mass is 755 g/mol. The minimum absolute atomic E-state index is 0.0231. The molecule has 0 aliphatic carbocycles. The van der Waals surface area contributed by atoms with E-state index in [9.17, 15) is 15.2 Å². The number of nitrogens with zero attached hydrogens (tertiary/aromatic N) is 5. The van der Waals surface area contributed by atoms with E-state index in [1.54, 1.807) is 28.7 Å². The van der Waals surface area contributed by atoms with Gasteiger partial charge in [-0.25, -0.2) is 9.78 Å². The Balaban J connectivity index is 1.24. The molecule has 268 valence electrons. The lowest BCUT2D eigenvalue weighted by Crippen LogP contribution is -2.18. The second-order valence-electron chi connectivity index (χ2n) is 13.6. The summed E-state index contributed by atoms with van der Waals surface area (Å²) in [5.74, 6) is -1.21. The molecule has 0 radical (unpaired) electrons. The fourth-order valence-corrected chi connectivity index (χ4v) is 9.98. The number of rotatable bonds is 13. The average molecular weight is 756 g/mol. The quantitative estimate of drug-likeness (QED) is 0.0717. The number of hydrogen-bond acceptors (Lipinski definition) is 9. The molecule has 10 heteroatoms. The summed E-state index contributed by atoms with van der Waals surface area (Å²) in [7, 11) is 4.11. The Morgan fingerprint density at radius 3 is 2.47 bits per heavy atom.